The van der Waals surface area contributed by atoms with Gasteiger partial charge in [-0.3, -0.25) is 0 Å². The predicted octanol–water partition coefficient (Wildman–Crippen LogP) is 1.79. The van der Waals surface area contributed by atoms with Crippen LogP contribution >= 0.6 is 0 Å². The largest absolute Gasteiger partial charge is 0.367 e. The number of fused-ring (bicyclic) bond motifs is 1. The standard InChI is InChI=1S/C12H18N2/c1-10(9-13)14-8-4-6-11-5-2-3-7-12(11)14/h2-3,5,7,10H,4,6,8-9,13H2,1H3. The molecule has 0 saturated carbocycles. The van der Waals surface area contributed by atoms with Gasteiger partial charge in [-0.25, -0.2) is 0 Å². The highest BCUT2D eigenvalue weighted by Crippen LogP contribution is 2.27. The van der Waals surface area contributed by atoms with Gasteiger partial charge in [0.05, 0.1) is 0 Å². The topological polar surface area (TPSA) is 29.3 Å². The van der Waals surface area contributed by atoms with E-state index >= 15 is 0 Å². The zero-order chi connectivity index (χ0) is 9.97. The predicted molar refractivity (Wildman–Crippen MR) is 60.6 cm³/mol. The van der Waals surface area contributed by atoms with E-state index in [2.05, 4.69) is 36.1 Å². The average Bonchev–Trinajstić information content (AvgIpc) is 2.27. The molecule has 1 unspecified atom stereocenters. The molecule has 0 bridgehead atoms. The number of nitrogens with zero attached hydrogens (tertiary/aromatic N) is 1. The van der Waals surface area contributed by atoms with Gasteiger partial charge in [-0.1, -0.05) is 18.2 Å². The molecule has 0 fully saturated rings. The maximum absolute atomic E-state index is 5.72. The molecule has 0 amide bonds. The number of nitrogens with two attached hydrogens (primary N) is 1. The highest BCUT2D eigenvalue weighted by atomic mass is 15.2. The first kappa shape index (κ1) is 9.53. The molecule has 0 aliphatic carbocycles. The maximum atomic E-state index is 5.72. The Morgan fingerprint density at radius 2 is 2.21 bits per heavy atom. The van der Waals surface area contributed by atoms with Gasteiger partial charge in [-0.05, 0) is 31.4 Å². The van der Waals surface area contributed by atoms with E-state index in [4.69, 9.17) is 5.73 Å². The van der Waals surface area contributed by atoms with Crippen molar-refractivity contribution in [2.24, 2.45) is 5.73 Å². The Morgan fingerprint density at radius 3 is 3.00 bits per heavy atom. The third-order valence-corrected chi connectivity index (χ3v) is 3.02. The van der Waals surface area contributed by atoms with Crippen molar-refractivity contribution in [3.05, 3.63) is 29.8 Å². The fourth-order valence-electron chi connectivity index (χ4n) is 2.15. The van der Waals surface area contributed by atoms with Gasteiger partial charge in [0.2, 0.25) is 0 Å². The number of hydrogen-bond donors (Lipinski definition) is 1. The van der Waals surface area contributed by atoms with Crippen LogP contribution in [0.25, 0.3) is 0 Å². The number of aryl methyl sites for hydroxylation is 1. The van der Waals surface area contributed by atoms with Crippen LogP contribution in [0.3, 0.4) is 0 Å². The van der Waals surface area contributed by atoms with E-state index in [1.165, 1.54) is 24.1 Å². The zero-order valence-corrected chi connectivity index (χ0v) is 8.74. The summed E-state index contributed by atoms with van der Waals surface area (Å²) in [5.41, 5.74) is 8.58. The third kappa shape index (κ3) is 1.62. The lowest BCUT2D eigenvalue weighted by molar-refractivity contribution is 0.599. The number of para-hydroxylation sites is 1. The molecule has 14 heavy (non-hydrogen) atoms. The van der Waals surface area contributed by atoms with Crippen LogP contribution in [-0.2, 0) is 6.42 Å². The molecule has 2 N–H and O–H groups in total. The SMILES string of the molecule is CC(CN)N1CCCc2ccccc21. The molecule has 1 aromatic rings. The van der Waals surface area contributed by atoms with E-state index in [-0.39, 0.29) is 0 Å². The Bertz CT molecular complexity index is 309. The number of benzene rings is 1. The van der Waals surface area contributed by atoms with Crippen LogP contribution in [0, 0.1) is 0 Å². The first-order valence-electron chi connectivity index (χ1n) is 5.37. The lowest BCUT2D eigenvalue weighted by Crippen LogP contribution is -2.41. The Balaban J connectivity index is 2.30. The molecule has 1 aromatic carbocycles. The van der Waals surface area contributed by atoms with Crippen molar-refractivity contribution in [2.45, 2.75) is 25.8 Å². The van der Waals surface area contributed by atoms with Crippen molar-refractivity contribution >= 4 is 5.69 Å². The highest BCUT2D eigenvalue weighted by molar-refractivity contribution is 5.56. The van der Waals surface area contributed by atoms with E-state index in [1.54, 1.807) is 0 Å². The number of hydrogen-bond acceptors (Lipinski definition) is 2. The molecule has 1 aliphatic rings. The Hall–Kier alpha value is -1.02. The second-order valence-corrected chi connectivity index (χ2v) is 4.01. The smallest absolute Gasteiger partial charge is 0.0401 e. The lowest BCUT2D eigenvalue weighted by atomic mass is 10.0. The first-order valence-corrected chi connectivity index (χ1v) is 5.37. The second-order valence-electron chi connectivity index (χ2n) is 4.01. The van der Waals surface area contributed by atoms with Crippen LogP contribution in [0.1, 0.15) is 18.9 Å². The molecule has 0 radical (unpaired) electrons. The van der Waals surface area contributed by atoms with Crippen LogP contribution < -0.4 is 10.6 Å². The molecule has 0 saturated heterocycles. The number of rotatable bonds is 2. The van der Waals surface area contributed by atoms with Gasteiger partial charge in [0.25, 0.3) is 0 Å². The van der Waals surface area contributed by atoms with Crippen molar-refractivity contribution < 1.29 is 0 Å². The maximum Gasteiger partial charge on any atom is 0.0401 e. The van der Waals surface area contributed by atoms with Gasteiger partial charge < -0.3 is 10.6 Å². The summed E-state index contributed by atoms with van der Waals surface area (Å²) in [4.78, 5) is 2.43. The molecule has 2 rings (SSSR count). The minimum absolute atomic E-state index is 0.455. The van der Waals surface area contributed by atoms with Crippen LogP contribution in [0.5, 0.6) is 0 Å². The summed E-state index contributed by atoms with van der Waals surface area (Å²) in [5.74, 6) is 0. The average molecular weight is 190 g/mol. The molecule has 76 valence electrons. The van der Waals surface area contributed by atoms with Crippen molar-refractivity contribution in [3.8, 4) is 0 Å². The van der Waals surface area contributed by atoms with Crippen LogP contribution in [0.2, 0.25) is 0 Å². The fourth-order valence-corrected chi connectivity index (χ4v) is 2.15. The molecule has 1 aliphatic heterocycles. The molecule has 1 heterocycles. The first-order chi connectivity index (χ1) is 6.83. The van der Waals surface area contributed by atoms with Gasteiger partial charge in [-0.2, -0.15) is 0 Å². The van der Waals surface area contributed by atoms with Gasteiger partial charge in [-0.15, -0.1) is 0 Å². The minimum Gasteiger partial charge on any atom is -0.367 e. The molecular weight excluding hydrogens is 172 g/mol. The number of anilines is 1. The summed E-state index contributed by atoms with van der Waals surface area (Å²) >= 11 is 0. The van der Waals surface area contributed by atoms with E-state index < -0.39 is 0 Å². The zero-order valence-electron chi connectivity index (χ0n) is 8.74. The highest BCUT2D eigenvalue weighted by Gasteiger charge is 2.19. The molecule has 2 heteroatoms. The summed E-state index contributed by atoms with van der Waals surface area (Å²) in [6.45, 7) is 4.08. The van der Waals surface area contributed by atoms with Crippen LogP contribution in [0.15, 0.2) is 24.3 Å². The summed E-state index contributed by atoms with van der Waals surface area (Å²) in [6, 6.07) is 9.12. The van der Waals surface area contributed by atoms with Gasteiger partial charge in [0.1, 0.15) is 0 Å². The molecule has 2 nitrogen and oxygen atoms in total. The molecule has 1 atom stereocenters. The summed E-state index contributed by atoms with van der Waals surface area (Å²) in [7, 11) is 0. The van der Waals surface area contributed by atoms with Crippen molar-refractivity contribution in [2.75, 3.05) is 18.0 Å². The Morgan fingerprint density at radius 1 is 1.43 bits per heavy atom. The second kappa shape index (κ2) is 4.01. The van der Waals surface area contributed by atoms with E-state index in [0.717, 1.165) is 13.1 Å². The van der Waals surface area contributed by atoms with Gasteiger partial charge >= 0.3 is 0 Å². The monoisotopic (exact) mass is 190 g/mol. The van der Waals surface area contributed by atoms with Crippen molar-refractivity contribution in [1.82, 2.24) is 0 Å². The molecule has 0 spiro atoms. The molecule has 0 aromatic heterocycles. The summed E-state index contributed by atoms with van der Waals surface area (Å²) in [5, 5.41) is 0. The summed E-state index contributed by atoms with van der Waals surface area (Å²) < 4.78 is 0. The van der Waals surface area contributed by atoms with Gasteiger partial charge in [0.15, 0.2) is 0 Å². The Kier molecular flexibility index (Phi) is 2.73. The van der Waals surface area contributed by atoms with E-state index in [9.17, 15) is 0 Å². The van der Waals surface area contributed by atoms with Crippen molar-refractivity contribution in [3.63, 3.8) is 0 Å². The van der Waals surface area contributed by atoms with E-state index in [1.807, 2.05) is 0 Å². The summed E-state index contributed by atoms with van der Waals surface area (Å²) in [6.07, 6.45) is 2.46. The van der Waals surface area contributed by atoms with Crippen molar-refractivity contribution in [1.29, 1.82) is 0 Å². The van der Waals surface area contributed by atoms with Crippen LogP contribution in [0.4, 0.5) is 5.69 Å². The minimum atomic E-state index is 0.455. The normalized spacial score (nSPS) is 17.7. The fraction of sp³-hybridized carbons (Fsp3) is 0.500. The van der Waals surface area contributed by atoms with Crippen LogP contribution in [-0.4, -0.2) is 19.1 Å². The lowest BCUT2D eigenvalue weighted by Gasteiger charge is -2.35. The quantitative estimate of drug-likeness (QED) is 0.770. The van der Waals surface area contributed by atoms with E-state index in [0.29, 0.717) is 6.04 Å². The molecular formula is C12H18N2. The Labute approximate surface area is 85.7 Å². The third-order valence-electron chi connectivity index (χ3n) is 3.02. The van der Waals surface area contributed by atoms with Gasteiger partial charge in [0, 0.05) is 24.8 Å².